The Kier molecular flexibility index (Phi) is 3.84. The fourth-order valence-corrected chi connectivity index (χ4v) is 3.30. The molecule has 0 bridgehead atoms. The Balaban J connectivity index is 2.26. The predicted molar refractivity (Wildman–Crippen MR) is 66.1 cm³/mol. The van der Waals surface area contributed by atoms with Gasteiger partial charge in [0.25, 0.3) is 0 Å². The van der Waals surface area contributed by atoms with Crippen molar-refractivity contribution < 1.29 is 13.9 Å². The van der Waals surface area contributed by atoms with Crippen LogP contribution in [-0.4, -0.2) is 23.7 Å². The lowest BCUT2D eigenvalue weighted by atomic mass is 10.1. The van der Waals surface area contributed by atoms with Crippen molar-refractivity contribution in [2.75, 3.05) is 6.61 Å². The zero-order chi connectivity index (χ0) is 12.4. The second-order valence-electron chi connectivity index (χ2n) is 4.19. The van der Waals surface area contributed by atoms with Crippen molar-refractivity contribution in [2.24, 2.45) is 0 Å². The monoisotopic (exact) mass is 254 g/mol. The van der Waals surface area contributed by atoms with E-state index >= 15 is 0 Å². The third-order valence-corrected chi connectivity index (χ3v) is 4.43. The van der Waals surface area contributed by atoms with Gasteiger partial charge in [-0.05, 0) is 32.4 Å². The maximum absolute atomic E-state index is 13.6. The molecule has 0 N–H and O–H groups in total. The first-order valence-electron chi connectivity index (χ1n) is 5.67. The van der Waals surface area contributed by atoms with Crippen LogP contribution in [0.2, 0.25) is 0 Å². The topological polar surface area (TPSA) is 26.3 Å². The van der Waals surface area contributed by atoms with E-state index < -0.39 is 5.82 Å². The summed E-state index contributed by atoms with van der Waals surface area (Å²) in [5.74, 6) is -0.661. The quantitative estimate of drug-likeness (QED) is 0.774. The fourth-order valence-electron chi connectivity index (χ4n) is 1.97. The highest BCUT2D eigenvalue weighted by atomic mass is 32.2. The molecule has 1 aromatic rings. The molecule has 0 aromatic heterocycles. The molecule has 1 aliphatic rings. The number of ether oxygens (including phenoxy) is 1. The molecule has 0 saturated carbocycles. The summed E-state index contributed by atoms with van der Waals surface area (Å²) in [5, 5.41) is 0.301. The zero-order valence-corrected chi connectivity index (χ0v) is 10.7. The lowest BCUT2D eigenvalue weighted by Crippen LogP contribution is -2.14. The van der Waals surface area contributed by atoms with Crippen LogP contribution >= 0.6 is 11.8 Å². The highest BCUT2D eigenvalue weighted by Crippen LogP contribution is 2.35. The van der Waals surface area contributed by atoms with Crippen LogP contribution in [0, 0.1) is 5.82 Å². The van der Waals surface area contributed by atoms with Gasteiger partial charge in [0.05, 0.1) is 11.7 Å². The molecule has 1 saturated heterocycles. The Labute approximate surface area is 105 Å². The van der Waals surface area contributed by atoms with Crippen molar-refractivity contribution in [2.45, 2.75) is 36.5 Å². The van der Waals surface area contributed by atoms with E-state index in [1.165, 1.54) is 13.0 Å². The summed E-state index contributed by atoms with van der Waals surface area (Å²) in [6.45, 7) is 4.15. The van der Waals surface area contributed by atoms with Gasteiger partial charge in [-0.2, -0.15) is 0 Å². The normalized spacial score (nSPS) is 23.9. The molecular weight excluding hydrogens is 239 g/mol. The van der Waals surface area contributed by atoms with Crippen LogP contribution in [0.5, 0.6) is 0 Å². The smallest absolute Gasteiger partial charge is 0.163 e. The number of halogens is 1. The third-order valence-electron chi connectivity index (χ3n) is 2.91. The summed E-state index contributed by atoms with van der Waals surface area (Å²) in [6.07, 6.45) is 1.10. The number of Topliss-reactive ketones (excluding diaryl/α,β-unsaturated/α-hetero) is 1. The van der Waals surface area contributed by atoms with E-state index in [-0.39, 0.29) is 17.5 Å². The molecule has 0 spiro atoms. The minimum atomic E-state index is -0.436. The SMILES string of the molecule is CC(=O)c1c(F)cccc1SC1CCOC1C. The van der Waals surface area contributed by atoms with E-state index in [1.54, 1.807) is 23.9 Å². The van der Waals surface area contributed by atoms with Gasteiger partial charge in [-0.1, -0.05) is 6.07 Å². The third kappa shape index (κ3) is 2.69. The fraction of sp³-hybridized carbons (Fsp3) is 0.462. The van der Waals surface area contributed by atoms with Crippen molar-refractivity contribution in [3.05, 3.63) is 29.6 Å². The van der Waals surface area contributed by atoms with Crippen molar-refractivity contribution in [1.29, 1.82) is 0 Å². The van der Waals surface area contributed by atoms with Gasteiger partial charge < -0.3 is 4.74 Å². The Morgan fingerprint density at radius 1 is 1.53 bits per heavy atom. The molecule has 2 nitrogen and oxygen atoms in total. The van der Waals surface area contributed by atoms with Gasteiger partial charge >= 0.3 is 0 Å². The Hall–Kier alpha value is -0.870. The van der Waals surface area contributed by atoms with Crippen LogP contribution in [0.4, 0.5) is 4.39 Å². The molecule has 1 heterocycles. The van der Waals surface area contributed by atoms with Gasteiger partial charge in [0.15, 0.2) is 5.78 Å². The molecule has 0 aliphatic carbocycles. The number of carbonyl (C=O) groups is 1. The molecule has 1 fully saturated rings. The summed E-state index contributed by atoms with van der Waals surface area (Å²) in [4.78, 5) is 12.2. The van der Waals surface area contributed by atoms with E-state index in [9.17, 15) is 9.18 Å². The molecule has 2 rings (SSSR count). The first kappa shape index (κ1) is 12.6. The highest BCUT2D eigenvalue weighted by molar-refractivity contribution is 8.00. The van der Waals surface area contributed by atoms with Gasteiger partial charge in [0.1, 0.15) is 5.82 Å². The number of hydrogen-bond donors (Lipinski definition) is 0. The number of ketones is 1. The van der Waals surface area contributed by atoms with Crippen LogP contribution in [0.1, 0.15) is 30.6 Å². The van der Waals surface area contributed by atoms with Gasteiger partial charge in [-0.3, -0.25) is 4.79 Å². The predicted octanol–water partition coefficient (Wildman–Crippen LogP) is 3.30. The molecule has 2 atom stereocenters. The number of thioether (sulfide) groups is 1. The van der Waals surface area contributed by atoms with Crippen molar-refractivity contribution >= 4 is 17.5 Å². The summed E-state index contributed by atoms with van der Waals surface area (Å²) in [7, 11) is 0. The van der Waals surface area contributed by atoms with E-state index in [0.717, 1.165) is 17.9 Å². The van der Waals surface area contributed by atoms with Gasteiger partial charge in [-0.25, -0.2) is 4.39 Å². The summed E-state index contributed by atoms with van der Waals surface area (Å²) < 4.78 is 19.1. The largest absolute Gasteiger partial charge is 0.377 e. The number of rotatable bonds is 3. The van der Waals surface area contributed by atoms with E-state index in [1.807, 2.05) is 6.92 Å². The van der Waals surface area contributed by atoms with Gasteiger partial charge in [0.2, 0.25) is 0 Å². The summed E-state index contributed by atoms with van der Waals surface area (Å²) in [5.41, 5.74) is 0.205. The van der Waals surface area contributed by atoms with Crippen LogP contribution in [0.15, 0.2) is 23.1 Å². The molecule has 1 aromatic carbocycles. The first-order valence-corrected chi connectivity index (χ1v) is 6.55. The van der Waals surface area contributed by atoms with Crippen LogP contribution in [-0.2, 0) is 4.74 Å². The van der Waals surface area contributed by atoms with Gasteiger partial charge in [-0.15, -0.1) is 11.8 Å². The zero-order valence-electron chi connectivity index (χ0n) is 9.90. The standard InChI is InChI=1S/C13H15FO2S/c1-8(15)13-10(14)4-3-5-12(13)17-11-6-7-16-9(11)2/h3-5,9,11H,6-7H2,1-2H3. The van der Waals surface area contributed by atoms with Gasteiger partial charge in [0, 0.05) is 16.8 Å². The number of benzene rings is 1. The average molecular weight is 254 g/mol. The molecule has 17 heavy (non-hydrogen) atoms. The van der Waals surface area contributed by atoms with E-state index in [2.05, 4.69) is 0 Å². The first-order chi connectivity index (χ1) is 8.09. The lowest BCUT2D eigenvalue weighted by molar-refractivity contribution is 0.101. The Bertz CT molecular complexity index is 433. The minimum Gasteiger partial charge on any atom is -0.377 e. The average Bonchev–Trinajstić information content (AvgIpc) is 2.64. The number of carbonyl (C=O) groups excluding carboxylic acids is 1. The summed E-state index contributed by atoms with van der Waals surface area (Å²) >= 11 is 1.54. The molecule has 0 amide bonds. The van der Waals surface area contributed by atoms with Crippen LogP contribution in [0.3, 0.4) is 0 Å². The van der Waals surface area contributed by atoms with Crippen LogP contribution in [0.25, 0.3) is 0 Å². The molecule has 92 valence electrons. The second kappa shape index (κ2) is 5.19. The molecule has 1 aliphatic heterocycles. The van der Waals surface area contributed by atoms with E-state index in [0.29, 0.717) is 5.25 Å². The minimum absolute atomic E-state index is 0.156. The van der Waals surface area contributed by atoms with Crippen molar-refractivity contribution in [3.8, 4) is 0 Å². The maximum atomic E-state index is 13.6. The Morgan fingerprint density at radius 3 is 2.88 bits per heavy atom. The summed E-state index contributed by atoms with van der Waals surface area (Å²) in [6, 6.07) is 4.77. The van der Waals surface area contributed by atoms with Crippen LogP contribution < -0.4 is 0 Å². The molecule has 4 heteroatoms. The Morgan fingerprint density at radius 2 is 2.29 bits per heavy atom. The molecule has 0 radical (unpaired) electrons. The second-order valence-corrected chi connectivity index (χ2v) is 5.47. The van der Waals surface area contributed by atoms with E-state index in [4.69, 9.17) is 4.74 Å². The van der Waals surface area contributed by atoms with Crippen molar-refractivity contribution in [3.63, 3.8) is 0 Å². The van der Waals surface area contributed by atoms with Crippen molar-refractivity contribution in [1.82, 2.24) is 0 Å². The molecule has 2 unspecified atom stereocenters. The number of hydrogen-bond acceptors (Lipinski definition) is 3. The maximum Gasteiger partial charge on any atom is 0.163 e. The highest BCUT2D eigenvalue weighted by Gasteiger charge is 2.27. The molecular formula is C13H15FO2S. The lowest BCUT2D eigenvalue weighted by Gasteiger charge is -2.15.